The molecular weight excluding hydrogens is 390 g/mol. The smallest absolute Gasteiger partial charge is 0.140 e. The first-order chi connectivity index (χ1) is 12.7. The highest BCUT2D eigenvalue weighted by molar-refractivity contribution is 9.10. The van der Waals surface area contributed by atoms with Crippen LogP contribution in [-0.4, -0.2) is 20.9 Å². The van der Waals surface area contributed by atoms with Gasteiger partial charge in [-0.05, 0) is 42.0 Å². The maximum atomic E-state index is 6.10. The van der Waals surface area contributed by atoms with Gasteiger partial charge in [-0.2, -0.15) is 0 Å². The van der Waals surface area contributed by atoms with Crippen LogP contribution < -0.4 is 0 Å². The van der Waals surface area contributed by atoms with Crippen LogP contribution in [0.5, 0.6) is 0 Å². The van der Waals surface area contributed by atoms with Gasteiger partial charge >= 0.3 is 0 Å². The fourth-order valence-corrected chi connectivity index (χ4v) is 4.13. The van der Waals surface area contributed by atoms with Crippen molar-refractivity contribution < 1.29 is 4.74 Å². The molecule has 0 saturated heterocycles. The predicted octanol–water partition coefficient (Wildman–Crippen LogP) is 4.70. The summed E-state index contributed by atoms with van der Waals surface area (Å²) in [6, 6.07) is 18.9. The summed E-state index contributed by atoms with van der Waals surface area (Å²) in [5.74, 6) is 1.79. The Morgan fingerprint density at radius 3 is 2.65 bits per heavy atom. The van der Waals surface area contributed by atoms with Gasteiger partial charge in [-0.15, -0.1) is 10.2 Å². The number of ether oxygens (including phenoxy) is 1. The Balaban J connectivity index is 1.46. The monoisotopic (exact) mass is 411 g/mol. The lowest BCUT2D eigenvalue weighted by Crippen LogP contribution is -2.36. The summed E-state index contributed by atoms with van der Waals surface area (Å²) in [4.78, 5) is 0. The minimum atomic E-state index is 0.247. The summed E-state index contributed by atoms with van der Waals surface area (Å²) in [6.45, 7) is 0.684. The number of nitrogens with zero attached hydrogens (tertiary/aromatic N) is 3. The van der Waals surface area contributed by atoms with E-state index in [4.69, 9.17) is 4.74 Å². The van der Waals surface area contributed by atoms with Gasteiger partial charge in [-0.3, -0.25) is 0 Å². The fourth-order valence-electron chi connectivity index (χ4n) is 3.71. The molecule has 1 aliphatic rings. The first kappa shape index (κ1) is 17.4. The Morgan fingerprint density at radius 1 is 1.15 bits per heavy atom. The van der Waals surface area contributed by atoms with E-state index in [0.29, 0.717) is 18.6 Å². The van der Waals surface area contributed by atoms with E-state index in [0.717, 1.165) is 23.1 Å². The third-order valence-electron chi connectivity index (χ3n) is 5.16. The standard InChI is InChI=1S/C21H22BrN3O/c1-25-14-23-24-21(25)20(16-8-5-9-18(22)10-16)17-11-19(12-17)26-13-15-6-3-2-4-7-15/h2-10,14,17,19-20H,11-13H2,1H3. The van der Waals surface area contributed by atoms with Crippen LogP contribution in [0.2, 0.25) is 0 Å². The van der Waals surface area contributed by atoms with Gasteiger partial charge in [0.25, 0.3) is 0 Å². The predicted molar refractivity (Wildman–Crippen MR) is 105 cm³/mol. The van der Waals surface area contributed by atoms with Gasteiger partial charge in [-0.25, -0.2) is 0 Å². The van der Waals surface area contributed by atoms with Crippen molar-refractivity contribution in [3.8, 4) is 0 Å². The van der Waals surface area contributed by atoms with Crippen LogP contribution in [-0.2, 0) is 18.4 Å². The van der Waals surface area contributed by atoms with Gasteiger partial charge in [0.2, 0.25) is 0 Å². The second-order valence-electron chi connectivity index (χ2n) is 6.98. The first-order valence-corrected chi connectivity index (χ1v) is 9.75. The average Bonchev–Trinajstić information content (AvgIpc) is 3.03. The van der Waals surface area contributed by atoms with Crippen molar-refractivity contribution in [2.75, 3.05) is 0 Å². The SMILES string of the molecule is Cn1cnnc1C(c1cccc(Br)c1)C1CC(OCc2ccccc2)C1. The van der Waals surface area contributed by atoms with Crippen molar-refractivity contribution in [2.45, 2.75) is 31.5 Å². The molecule has 0 bridgehead atoms. The third kappa shape index (κ3) is 3.74. The quantitative estimate of drug-likeness (QED) is 0.589. The zero-order chi connectivity index (χ0) is 17.9. The number of aromatic nitrogens is 3. The Kier molecular flexibility index (Phi) is 5.18. The molecule has 0 aliphatic heterocycles. The molecule has 4 nitrogen and oxygen atoms in total. The lowest BCUT2D eigenvalue weighted by Gasteiger charge is -2.40. The fraction of sp³-hybridized carbons (Fsp3) is 0.333. The molecule has 1 saturated carbocycles. The van der Waals surface area contributed by atoms with E-state index in [9.17, 15) is 0 Å². The molecule has 0 N–H and O–H groups in total. The van der Waals surface area contributed by atoms with E-state index in [-0.39, 0.29) is 5.92 Å². The molecule has 0 radical (unpaired) electrons. The van der Waals surface area contributed by atoms with Gasteiger partial charge in [-0.1, -0.05) is 58.4 Å². The molecule has 1 unspecified atom stereocenters. The second-order valence-corrected chi connectivity index (χ2v) is 7.90. The molecule has 1 fully saturated rings. The number of hydrogen-bond acceptors (Lipinski definition) is 3. The highest BCUT2D eigenvalue weighted by Crippen LogP contribution is 2.44. The van der Waals surface area contributed by atoms with E-state index < -0.39 is 0 Å². The number of benzene rings is 2. The minimum absolute atomic E-state index is 0.247. The highest BCUT2D eigenvalue weighted by Gasteiger charge is 2.39. The molecule has 1 aliphatic carbocycles. The number of rotatable bonds is 6. The molecule has 0 spiro atoms. The van der Waals surface area contributed by atoms with Gasteiger partial charge in [0.1, 0.15) is 12.2 Å². The van der Waals surface area contributed by atoms with E-state index in [2.05, 4.69) is 74.7 Å². The van der Waals surface area contributed by atoms with Crippen LogP contribution in [0.25, 0.3) is 0 Å². The van der Waals surface area contributed by atoms with Crippen molar-refractivity contribution in [2.24, 2.45) is 13.0 Å². The molecule has 5 heteroatoms. The van der Waals surface area contributed by atoms with Crippen LogP contribution in [0.1, 0.15) is 35.7 Å². The van der Waals surface area contributed by atoms with Gasteiger partial charge in [0, 0.05) is 17.4 Å². The van der Waals surface area contributed by atoms with E-state index >= 15 is 0 Å². The number of halogens is 1. The Morgan fingerprint density at radius 2 is 1.96 bits per heavy atom. The zero-order valence-corrected chi connectivity index (χ0v) is 16.3. The average molecular weight is 412 g/mol. The Hall–Kier alpha value is -1.98. The minimum Gasteiger partial charge on any atom is -0.374 e. The summed E-state index contributed by atoms with van der Waals surface area (Å²) >= 11 is 3.60. The molecule has 1 aromatic heterocycles. The molecule has 0 amide bonds. The lowest BCUT2D eigenvalue weighted by molar-refractivity contribution is -0.0448. The van der Waals surface area contributed by atoms with Crippen LogP contribution in [0.15, 0.2) is 65.4 Å². The summed E-state index contributed by atoms with van der Waals surface area (Å²) in [6.07, 6.45) is 4.21. The van der Waals surface area contributed by atoms with Crippen molar-refractivity contribution in [3.05, 3.63) is 82.3 Å². The molecule has 2 aromatic carbocycles. The molecule has 134 valence electrons. The van der Waals surface area contributed by atoms with Crippen molar-refractivity contribution in [1.29, 1.82) is 0 Å². The summed E-state index contributed by atoms with van der Waals surface area (Å²) in [5.41, 5.74) is 2.51. The first-order valence-electron chi connectivity index (χ1n) is 8.95. The molecule has 3 aromatic rings. The van der Waals surface area contributed by atoms with Gasteiger partial charge in [0.05, 0.1) is 12.7 Å². The largest absolute Gasteiger partial charge is 0.374 e. The summed E-state index contributed by atoms with van der Waals surface area (Å²) in [7, 11) is 2.02. The Bertz CT molecular complexity index is 858. The van der Waals surface area contributed by atoms with Crippen molar-refractivity contribution >= 4 is 15.9 Å². The third-order valence-corrected chi connectivity index (χ3v) is 5.66. The maximum Gasteiger partial charge on any atom is 0.140 e. The Labute approximate surface area is 162 Å². The molecule has 1 atom stereocenters. The molecule has 1 heterocycles. The van der Waals surface area contributed by atoms with Crippen LogP contribution in [0.3, 0.4) is 0 Å². The van der Waals surface area contributed by atoms with Crippen LogP contribution in [0.4, 0.5) is 0 Å². The van der Waals surface area contributed by atoms with Crippen LogP contribution in [0, 0.1) is 5.92 Å². The normalized spacial score (nSPS) is 20.5. The highest BCUT2D eigenvalue weighted by atomic mass is 79.9. The summed E-state index contributed by atoms with van der Waals surface area (Å²) < 4.78 is 9.23. The second kappa shape index (κ2) is 7.72. The maximum absolute atomic E-state index is 6.10. The molecule has 26 heavy (non-hydrogen) atoms. The lowest BCUT2D eigenvalue weighted by atomic mass is 9.70. The molecule has 4 rings (SSSR count). The van der Waals surface area contributed by atoms with Crippen molar-refractivity contribution in [1.82, 2.24) is 14.8 Å². The topological polar surface area (TPSA) is 39.9 Å². The van der Waals surface area contributed by atoms with Gasteiger partial charge < -0.3 is 9.30 Å². The van der Waals surface area contributed by atoms with E-state index in [1.54, 1.807) is 6.33 Å². The molecular formula is C21H22BrN3O. The summed E-state index contributed by atoms with van der Waals surface area (Å²) in [5, 5.41) is 8.50. The van der Waals surface area contributed by atoms with Crippen molar-refractivity contribution in [3.63, 3.8) is 0 Å². The van der Waals surface area contributed by atoms with E-state index in [1.807, 2.05) is 17.7 Å². The number of aryl methyl sites for hydroxylation is 1. The number of hydrogen-bond donors (Lipinski definition) is 0. The van der Waals surface area contributed by atoms with Gasteiger partial charge in [0.15, 0.2) is 0 Å². The van der Waals surface area contributed by atoms with E-state index in [1.165, 1.54) is 11.1 Å². The van der Waals surface area contributed by atoms with Crippen LogP contribution >= 0.6 is 15.9 Å². The zero-order valence-electron chi connectivity index (χ0n) is 14.8.